The minimum atomic E-state index is 0. The Morgan fingerprint density at radius 1 is 1.19 bits per heavy atom. The predicted octanol–water partition coefficient (Wildman–Crippen LogP) is 3.30. The number of aldehydes is 1. The number of carbonyl (C=O) groups excluding carboxylic acids is 1. The molecule has 0 aliphatic rings. The van der Waals surface area contributed by atoms with Crippen molar-refractivity contribution in [1.29, 1.82) is 0 Å². The summed E-state index contributed by atoms with van der Waals surface area (Å²) >= 11 is 1.44. The molecular weight excluding hydrogens is 326 g/mol. The average molecular weight is 343 g/mol. The Morgan fingerprint density at radius 2 is 1.71 bits per heavy atom. The van der Waals surface area contributed by atoms with E-state index < -0.39 is 0 Å². The van der Waals surface area contributed by atoms with Gasteiger partial charge >= 0.3 is 0 Å². The Kier molecular flexibility index (Phi) is 11.0. The van der Waals surface area contributed by atoms with Crippen LogP contribution < -0.4 is 5.73 Å². The summed E-state index contributed by atoms with van der Waals surface area (Å²) in [5.41, 5.74) is 6.05. The molecule has 0 saturated heterocycles. The molecule has 2 aromatic carbocycles. The van der Waals surface area contributed by atoms with Crippen molar-refractivity contribution in [3.05, 3.63) is 65.2 Å². The van der Waals surface area contributed by atoms with Gasteiger partial charge in [-0.2, -0.15) is 12.1 Å². The zero-order valence-electron chi connectivity index (χ0n) is 11.6. The molecule has 0 atom stereocenters. The topological polar surface area (TPSA) is 68.9 Å². The standard InChI is InChI=1S/C6H5O.C5H5.C4H7N3S.Fe/c7-5-6-3-1-2-4-6;1-2-4-5-3-1;1-2-3-6-7-4(5)8-3;/h1-5H;1-5H;2H2,1H3,(H2,5,7);/q-1;-5;;. The van der Waals surface area contributed by atoms with Gasteiger partial charge in [-0.1, -0.05) is 23.8 Å². The quantitative estimate of drug-likeness (QED) is 0.440. The molecule has 0 bridgehead atoms. The number of anilines is 1. The summed E-state index contributed by atoms with van der Waals surface area (Å²) in [7, 11) is 0. The zero-order chi connectivity index (χ0) is 14.6. The van der Waals surface area contributed by atoms with E-state index in [1.165, 1.54) is 11.3 Å². The molecule has 4 nitrogen and oxygen atoms in total. The summed E-state index contributed by atoms with van der Waals surface area (Å²) in [6.07, 6.45) is 1.76. The normalized spacial score (nSPS) is 8.43. The first-order valence-electron chi connectivity index (χ1n) is 6.17. The Balaban J connectivity index is 0.000000286. The van der Waals surface area contributed by atoms with Crippen LogP contribution in [0.15, 0.2) is 54.6 Å². The summed E-state index contributed by atoms with van der Waals surface area (Å²) < 4.78 is 0. The van der Waals surface area contributed by atoms with Crippen LogP contribution in [-0.2, 0) is 23.5 Å². The third-order valence-electron chi connectivity index (χ3n) is 2.17. The molecule has 2 N–H and O–H groups in total. The predicted molar refractivity (Wildman–Crippen MR) is 83.2 cm³/mol. The van der Waals surface area contributed by atoms with E-state index in [2.05, 4.69) is 10.2 Å². The van der Waals surface area contributed by atoms with Crippen LogP contribution >= 0.6 is 11.3 Å². The minimum absolute atomic E-state index is 0. The number of hydrogen-bond acceptors (Lipinski definition) is 5. The van der Waals surface area contributed by atoms with Gasteiger partial charge in [-0.05, 0) is 6.42 Å². The molecule has 0 radical (unpaired) electrons. The molecule has 0 unspecified atom stereocenters. The molecule has 0 fully saturated rings. The smallest absolute Gasteiger partial charge is 0.203 e. The number of nitrogens with two attached hydrogens (primary N) is 1. The van der Waals surface area contributed by atoms with Crippen LogP contribution in [0.2, 0.25) is 0 Å². The largest absolute Gasteiger partial charge is 0.748 e. The number of nitrogen functional groups attached to an aromatic ring is 1. The molecule has 6 heteroatoms. The van der Waals surface area contributed by atoms with E-state index in [9.17, 15) is 4.79 Å². The van der Waals surface area contributed by atoms with E-state index in [0.717, 1.165) is 23.3 Å². The van der Waals surface area contributed by atoms with Crippen molar-refractivity contribution in [3.8, 4) is 0 Å². The van der Waals surface area contributed by atoms with E-state index in [-0.39, 0.29) is 17.1 Å². The van der Waals surface area contributed by atoms with Gasteiger partial charge in [0.05, 0.1) is 6.29 Å². The number of rotatable bonds is 2. The van der Waals surface area contributed by atoms with Crippen LogP contribution in [-0.4, -0.2) is 16.5 Å². The van der Waals surface area contributed by atoms with Crippen LogP contribution in [0.1, 0.15) is 22.3 Å². The van der Waals surface area contributed by atoms with Crippen molar-refractivity contribution < 1.29 is 21.9 Å². The summed E-state index contributed by atoms with van der Waals surface area (Å²) in [5.74, 6) is 0. The van der Waals surface area contributed by atoms with Gasteiger partial charge in [0.25, 0.3) is 0 Å². The van der Waals surface area contributed by atoms with Crippen molar-refractivity contribution in [2.75, 3.05) is 5.73 Å². The number of carbonyl (C=O) groups is 1. The van der Waals surface area contributed by atoms with Gasteiger partial charge in [-0.15, -0.1) is 10.2 Å². The maximum Gasteiger partial charge on any atom is 0.203 e. The second-order valence-corrected chi connectivity index (χ2v) is 4.78. The molecule has 3 aromatic rings. The molecule has 21 heavy (non-hydrogen) atoms. The Bertz CT molecular complexity index is 544. The Labute approximate surface area is 139 Å². The summed E-state index contributed by atoms with van der Waals surface area (Å²) in [5, 5.41) is 8.97. The molecule has 0 aliphatic carbocycles. The van der Waals surface area contributed by atoms with Gasteiger partial charge < -0.3 is 40.9 Å². The summed E-state index contributed by atoms with van der Waals surface area (Å²) in [6, 6.07) is 17.2. The van der Waals surface area contributed by atoms with E-state index in [0.29, 0.717) is 5.13 Å². The SMILES string of the molecule is CCc1nnc(N)s1.O=C[c-]1cccc1.[Fe].[cH-]1[cH-][cH-][cH-][cH-]1. The zero-order valence-corrected chi connectivity index (χ0v) is 13.5. The molecule has 1 aromatic heterocycles. The van der Waals surface area contributed by atoms with Crippen molar-refractivity contribution in [1.82, 2.24) is 10.2 Å². The molecule has 0 saturated carbocycles. The van der Waals surface area contributed by atoms with Gasteiger partial charge in [0, 0.05) is 17.1 Å². The van der Waals surface area contributed by atoms with Crippen LogP contribution in [0.5, 0.6) is 0 Å². The molecule has 3 rings (SSSR count). The molecule has 0 spiro atoms. The van der Waals surface area contributed by atoms with E-state index >= 15 is 0 Å². The summed E-state index contributed by atoms with van der Waals surface area (Å²) in [4.78, 5) is 9.87. The van der Waals surface area contributed by atoms with E-state index in [1.54, 1.807) is 12.1 Å². The third kappa shape index (κ3) is 8.91. The first-order valence-corrected chi connectivity index (χ1v) is 6.99. The van der Waals surface area contributed by atoms with Gasteiger partial charge in [0.1, 0.15) is 5.01 Å². The van der Waals surface area contributed by atoms with E-state index in [1.807, 2.05) is 49.4 Å². The number of hydrogen-bond donors (Lipinski definition) is 1. The Hall–Kier alpha value is -1.75. The number of aromatic nitrogens is 2. The van der Waals surface area contributed by atoms with Crippen molar-refractivity contribution in [2.24, 2.45) is 0 Å². The second-order valence-electron chi connectivity index (χ2n) is 3.69. The van der Waals surface area contributed by atoms with Crippen molar-refractivity contribution >= 4 is 22.8 Å². The minimum Gasteiger partial charge on any atom is -0.748 e. The van der Waals surface area contributed by atoms with Gasteiger partial charge in [-0.25, -0.2) is 12.1 Å². The number of nitrogens with zero attached hydrogens (tertiary/aromatic N) is 2. The molecule has 1 heterocycles. The van der Waals surface area contributed by atoms with Crippen LogP contribution in [0.3, 0.4) is 0 Å². The van der Waals surface area contributed by atoms with Crippen LogP contribution in [0.25, 0.3) is 0 Å². The monoisotopic (exact) mass is 343 g/mol. The second kappa shape index (κ2) is 12.0. The van der Waals surface area contributed by atoms with Crippen LogP contribution in [0, 0.1) is 0 Å². The maximum atomic E-state index is 9.87. The first-order chi connectivity index (χ1) is 9.76. The Morgan fingerprint density at radius 3 is 1.95 bits per heavy atom. The van der Waals surface area contributed by atoms with Crippen LogP contribution in [0.4, 0.5) is 5.13 Å². The molecular formula is C15H17FeN3OS-6. The average Bonchev–Trinajstić information content (AvgIpc) is 3.23. The molecule has 118 valence electrons. The molecule has 0 amide bonds. The van der Waals surface area contributed by atoms with Gasteiger partial charge in [0.15, 0.2) is 0 Å². The maximum absolute atomic E-state index is 9.87. The van der Waals surface area contributed by atoms with Gasteiger partial charge in [-0.3, -0.25) is 0 Å². The fourth-order valence-electron chi connectivity index (χ4n) is 1.20. The van der Waals surface area contributed by atoms with Crippen molar-refractivity contribution in [3.63, 3.8) is 0 Å². The first kappa shape index (κ1) is 19.2. The fraction of sp³-hybridized carbons (Fsp3) is 0.133. The number of aryl methyl sites for hydroxylation is 1. The molecule has 0 aliphatic heterocycles. The van der Waals surface area contributed by atoms with E-state index in [4.69, 9.17) is 5.73 Å². The fourth-order valence-corrected chi connectivity index (χ4v) is 1.75. The van der Waals surface area contributed by atoms with Gasteiger partial charge in [0.2, 0.25) is 5.13 Å². The summed E-state index contributed by atoms with van der Waals surface area (Å²) in [6.45, 7) is 2.03. The van der Waals surface area contributed by atoms with Crippen molar-refractivity contribution in [2.45, 2.75) is 13.3 Å². The third-order valence-corrected chi connectivity index (χ3v) is 3.06.